The maximum absolute atomic E-state index is 13.8. The third kappa shape index (κ3) is 4.30. The van der Waals surface area contributed by atoms with Gasteiger partial charge >= 0.3 is 0 Å². The van der Waals surface area contributed by atoms with E-state index in [1.54, 1.807) is 6.07 Å². The van der Waals surface area contributed by atoms with Crippen LogP contribution in [0.15, 0.2) is 24.3 Å². The Labute approximate surface area is 150 Å². The van der Waals surface area contributed by atoms with Gasteiger partial charge in [-0.25, -0.2) is 4.39 Å². The van der Waals surface area contributed by atoms with Crippen LogP contribution in [0.3, 0.4) is 0 Å². The second kappa shape index (κ2) is 8.32. The average Bonchev–Trinajstić information content (AvgIpc) is 2.82. The number of hydrogen-bond donors (Lipinski definition) is 1. The Kier molecular flexibility index (Phi) is 6.40. The van der Waals surface area contributed by atoms with Crippen molar-refractivity contribution in [2.45, 2.75) is 59.9 Å². The van der Waals surface area contributed by atoms with Crippen LogP contribution >= 0.6 is 0 Å². The van der Waals surface area contributed by atoms with Crippen LogP contribution in [0.5, 0.6) is 0 Å². The molecule has 2 aromatic rings. The summed E-state index contributed by atoms with van der Waals surface area (Å²) in [6.45, 7) is 9.31. The molecular weight excluding hydrogens is 315 g/mol. The molecule has 0 fully saturated rings. The predicted octanol–water partition coefficient (Wildman–Crippen LogP) is 5.09. The lowest BCUT2D eigenvalue weighted by molar-refractivity contribution is 0.1000. The van der Waals surface area contributed by atoms with Crippen molar-refractivity contribution in [3.63, 3.8) is 0 Å². The van der Waals surface area contributed by atoms with E-state index < -0.39 is 5.91 Å². The van der Waals surface area contributed by atoms with Gasteiger partial charge in [-0.3, -0.25) is 4.79 Å². The van der Waals surface area contributed by atoms with Crippen LogP contribution in [0.25, 0.3) is 11.1 Å². The summed E-state index contributed by atoms with van der Waals surface area (Å²) < 4.78 is 16.0. The fraction of sp³-hybridized carbons (Fsp3) is 0.476. The minimum absolute atomic E-state index is 0.304. The summed E-state index contributed by atoms with van der Waals surface area (Å²) in [7, 11) is 0. The van der Waals surface area contributed by atoms with E-state index in [1.165, 1.54) is 12.1 Å². The molecule has 25 heavy (non-hydrogen) atoms. The second-order valence-electron chi connectivity index (χ2n) is 7.09. The van der Waals surface area contributed by atoms with E-state index in [0.717, 1.165) is 54.7 Å². The molecule has 0 saturated carbocycles. The zero-order chi connectivity index (χ0) is 18.6. The second-order valence-corrected chi connectivity index (χ2v) is 7.09. The van der Waals surface area contributed by atoms with Crippen molar-refractivity contribution in [2.75, 3.05) is 0 Å². The monoisotopic (exact) mass is 344 g/mol. The number of halogens is 1. The molecule has 3 nitrogen and oxygen atoms in total. The van der Waals surface area contributed by atoms with Gasteiger partial charge in [-0.2, -0.15) is 0 Å². The SMILES string of the molecule is CCCCc1c(-c2cccc(F)c2)c(C(N)=O)c(C)n1CCC(C)C. The van der Waals surface area contributed by atoms with Gasteiger partial charge in [0.1, 0.15) is 5.82 Å². The molecule has 0 unspecified atom stereocenters. The van der Waals surface area contributed by atoms with E-state index in [-0.39, 0.29) is 5.82 Å². The number of nitrogens with zero attached hydrogens (tertiary/aromatic N) is 1. The summed E-state index contributed by atoms with van der Waals surface area (Å²) in [5.41, 5.74) is 9.76. The molecule has 0 atom stereocenters. The molecule has 0 bridgehead atoms. The molecule has 0 aliphatic heterocycles. The number of hydrogen-bond acceptors (Lipinski definition) is 1. The van der Waals surface area contributed by atoms with Crippen molar-refractivity contribution in [1.82, 2.24) is 4.57 Å². The van der Waals surface area contributed by atoms with E-state index in [1.807, 2.05) is 13.0 Å². The third-order valence-corrected chi connectivity index (χ3v) is 4.69. The van der Waals surface area contributed by atoms with Crippen LogP contribution in [-0.2, 0) is 13.0 Å². The predicted molar refractivity (Wildman–Crippen MR) is 101 cm³/mol. The van der Waals surface area contributed by atoms with Crippen LogP contribution in [0.4, 0.5) is 4.39 Å². The summed E-state index contributed by atoms with van der Waals surface area (Å²) in [6.07, 6.45) is 3.96. The lowest BCUT2D eigenvalue weighted by atomic mass is 9.97. The molecule has 0 saturated heterocycles. The average molecular weight is 344 g/mol. The Morgan fingerprint density at radius 1 is 1.32 bits per heavy atom. The zero-order valence-corrected chi connectivity index (χ0v) is 15.7. The normalized spacial score (nSPS) is 11.3. The summed E-state index contributed by atoms with van der Waals surface area (Å²) in [4.78, 5) is 12.2. The van der Waals surface area contributed by atoms with Crippen molar-refractivity contribution in [3.05, 3.63) is 47.0 Å². The van der Waals surface area contributed by atoms with Crippen molar-refractivity contribution in [1.29, 1.82) is 0 Å². The van der Waals surface area contributed by atoms with Crippen LogP contribution in [0, 0.1) is 18.7 Å². The van der Waals surface area contributed by atoms with Crippen LogP contribution in [0.1, 0.15) is 61.8 Å². The summed E-state index contributed by atoms with van der Waals surface area (Å²) in [6, 6.07) is 6.44. The first-order valence-electron chi connectivity index (χ1n) is 9.14. The summed E-state index contributed by atoms with van der Waals surface area (Å²) >= 11 is 0. The molecule has 2 rings (SSSR count). The van der Waals surface area contributed by atoms with Gasteiger partial charge < -0.3 is 10.3 Å². The number of rotatable bonds is 8. The van der Waals surface area contributed by atoms with Gasteiger partial charge in [-0.1, -0.05) is 39.3 Å². The van der Waals surface area contributed by atoms with Crippen molar-refractivity contribution >= 4 is 5.91 Å². The highest BCUT2D eigenvalue weighted by atomic mass is 19.1. The molecule has 0 spiro atoms. The quantitative estimate of drug-likeness (QED) is 0.712. The lowest BCUT2D eigenvalue weighted by Gasteiger charge is -2.14. The van der Waals surface area contributed by atoms with Gasteiger partial charge in [0, 0.05) is 23.5 Å². The van der Waals surface area contributed by atoms with Gasteiger partial charge in [0.2, 0.25) is 0 Å². The zero-order valence-electron chi connectivity index (χ0n) is 15.7. The molecule has 136 valence electrons. The third-order valence-electron chi connectivity index (χ3n) is 4.69. The first kappa shape index (κ1) is 19.2. The number of carbonyl (C=O) groups is 1. The summed E-state index contributed by atoms with van der Waals surface area (Å²) in [5.74, 6) is -0.185. The van der Waals surface area contributed by atoms with E-state index >= 15 is 0 Å². The highest BCUT2D eigenvalue weighted by Crippen LogP contribution is 2.34. The van der Waals surface area contributed by atoms with Crippen LogP contribution < -0.4 is 5.73 Å². The highest BCUT2D eigenvalue weighted by Gasteiger charge is 2.24. The number of benzene rings is 1. The van der Waals surface area contributed by atoms with Gasteiger partial charge in [0.05, 0.1) is 5.56 Å². The topological polar surface area (TPSA) is 48.0 Å². The van der Waals surface area contributed by atoms with Crippen LogP contribution in [-0.4, -0.2) is 10.5 Å². The lowest BCUT2D eigenvalue weighted by Crippen LogP contribution is -2.13. The first-order valence-corrected chi connectivity index (χ1v) is 9.14. The summed E-state index contributed by atoms with van der Waals surface area (Å²) in [5, 5.41) is 0. The highest BCUT2D eigenvalue weighted by molar-refractivity contribution is 6.02. The van der Waals surface area contributed by atoms with E-state index in [2.05, 4.69) is 25.3 Å². The largest absolute Gasteiger partial charge is 0.366 e. The molecule has 4 heteroatoms. The standard InChI is InChI=1S/C21H29FN2O/c1-5-6-10-18-20(16-8-7-9-17(22)13-16)19(21(23)25)15(4)24(18)12-11-14(2)3/h7-9,13-14H,5-6,10-12H2,1-4H3,(H2,23,25). The maximum atomic E-state index is 13.8. The van der Waals surface area contributed by atoms with Crippen LogP contribution in [0.2, 0.25) is 0 Å². The molecule has 1 aromatic heterocycles. The van der Waals surface area contributed by atoms with E-state index in [4.69, 9.17) is 5.73 Å². The van der Waals surface area contributed by atoms with Gasteiger partial charge in [0.25, 0.3) is 5.91 Å². The Bertz CT molecular complexity index is 747. The number of nitrogens with two attached hydrogens (primary N) is 1. The van der Waals surface area contributed by atoms with Crippen molar-refractivity contribution < 1.29 is 9.18 Å². The first-order chi connectivity index (χ1) is 11.9. The number of primary amides is 1. The number of amides is 1. The Morgan fingerprint density at radius 3 is 2.60 bits per heavy atom. The maximum Gasteiger partial charge on any atom is 0.251 e. The molecule has 0 aliphatic rings. The van der Waals surface area contributed by atoms with Gasteiger partial charge in [0.15, 0.2) is 0 Å². The van der Waals surface area contributed by atoms with E-state index in [9.17, 15) is 9.18 Å². The smallest absolute Gasteiger partial charge is 0.251 e. The Morgan fingerprint density at radius 2 is 2.04 bits per heavy atom. The fourth-order valence-electron chi connectivity index (χ4n) is 3.35. The molecule has 2 N–H and O–H groups in total. The molecule has 1 aromatic carbocycles. The van der Waals surface area contributed by atoms with E-state index in [0.29, 0.717) is 11.5 Å². The Balaban J connectivity index is 2.68. The molecule has 0 aliphatic carbocycles. The minimum atomic E-state index is -0.446. The molecule has 1 heterocycles. The van der Waals surface area contributed by atoms with Crippen molar-refractivity contribution in [3.8, 4) is 11.1 Å². The fourth-order valence-corrected chi connectivity index (χ4v) is 3.35. The number of unbranched alkanes of at least 4 members (excludes halogenated alkanes) is 1. The Hall–Kier alpha value is -2.10. The molecule has 1 amide bonds. The number of carbonyl (C=O) groups excluding carboxylic acids is 1. The van der Waals surface area contributed by atoms with Gasteiger partial charge in [-0.15, -0.1) is 0 Å². The minimum Gasteiger partial charge on any atom is -0.366 e. The van der Waals surface area contributed by atoms with Crippen molar-refractivity contribution in [2.24, 2.45) is 11.7 Å². The van der Waals surface area contributed by atoms with Gasteiger partial charge in [-0.05, 0) is 49.8 Å². The number of aromatic nitrogens is 1. The molecule has 0 radical (unpaired) electrons. The molecular formula is C21H29FN2O.